The van der Waals surface area contributed by atoms with Crippen LogP contribution in [0.2, 0.25) is 0 Å². The highest BCUT2D eigenvalue weighted by atomic mass is 16.2. The van der Waals surface area contributed by atoms with Crippen LogP contribution in [0.5, 0.6) is 0 Å². The fraction of sp³-hybridized carbons (Fsp3) is 0.846. The van der Waals surface area contributed by atoms with Gasteiger partial charge in [0.1, 0.15) is 0 Å². The molecule has 4 nitrogen and oxygen atoms in total. The highest BCUT2D eigenvalue weighted by molar-refractivity contribution is 5.86. The number of nitrogens with one attached hydrogen (secondary N) is 1. The fourth-order valence-corrected chi connectivity index (χ4v) is 2.31. The van der Waals surface area contributed by atoms with E-state index in [2.05, 4.69) is 11.4 Å². The van der Waals surface area contributed by atoms with Crippen LogP contribution in [-0.4, -0.2) is 36.0 Å². The number of carbonyl (C=O) groups excluding carboxylic acids is 1. The molecule has 1 aliphatic rings. The van der Waals surface area contributed by atoms with Crippen molar-refractivity contribution < 1.29 is 4.79 Å². The number of nitriles is 1. The van der Waals surface area contributed by atoms with Gasteiger partial charge in [-0.3, -0.25) is 4.79 Å². The van der Waals surface area contributed by atoms with E-state index in [1.54, 1.807) is 4.90 Å². The van der Waals surface area contributed by atoms with Crippen molar-refractivity contribution in [3.8, 4) is 6.07 Å². The van der Waals surface area contributed by atoms with Crippen molar-refractivity contribution >= 4 is 5.91 Å². The number of amides is 1. The monoisotopic (exact) mass is 237 g/mol. The maximum absolute atomic E-state index is 12.5. The molecule has 0 saturated carbocycles. The van der Waals surface area contributed by atoms with Gasteiger partial charge in [0.05, 0.1) is 17.5 Å². The number of hydrogen-bond donors (Lipinski definition) is 1. The first-order valence-electron chi connectivity index (χ1n) is 6.47. The van der Waals surface area contributed by atoms with E-state index in [1.807, 2.05) is 20.8 Å². The summed E-state index contributed by atoms with van der Waals surface area (Å²) in [4.78, 5) is 14.3. The standard InChI is InChI=1S/C13H23N3O/c1-4-16(10-11(2)9-14)12(17)13(3)7-5-6-8-15-13/h11,15H,4-8,10H2,1-3H3. The molecule has 17 heavy (non-hydrogen) atoms. The van der Waals surface area contributed by atoms with Crippen LogP contribution >= 0.6 is 0 Å². The SMILES string of the molecule is CCN(CC(C)C#N)C(=O)C1(C)CCCCN1. The minimum atomic E-state index is -0.427. The van der Waals surface area contributed by atoms with Crippen LogP contribution < -0.4 is 5.32 Å². The Morgan fingerprint density at radius 1 is 1.59 bits per heavy atom. The zero-order valence-electron chi connectivity index (χ0n) is 11.1. The Kier molecular flexibility index (Phi) is 4.95. The second-order valence-electron chi connectivity index (χ2n) is 5.09. The van der Waals surface area contributed by atoms with Gasteiger partial charge in [-0.15, -0.1) is 0 Å². The van der Waals surface area contributed by atoms with Crippen LogP contribution in [0, 0.1) is 17.2 Å². The van der Waals surface area contributed by atoms with Gasteiger partial charge < -0.3 is 10.2 Å². The summed E-state index contributed by atoms with van der Waals surface area (Å²) < 4.78 is 0. The predicted octanol–water partition coefficient (Wildman–Crippen LogP) is 1.53. The molecule has 0 spiro atoms. The first kappa shape index (κ1) is 14.0. The number of hydrogen-bond acceptors (Lipinski definition) is 3. The Morgan fingerprint density at radius 3 is 2.76 bits per heavy atom. The number of rotatable bonds is 4. The quantitative estimate of drug-likeness (QED) is 0.806. The van der Waals surface area contributed by atoms with Crippen molar-refractivity contribution in [3.05, 3.63) is 0 Å². The molecule has 4 heteroatoms. The maximum Gasteiger partial charge on any atom is 0.242 e. The van der Waals surface area contributed by atoms with Crippen molar-refractivity contribution in [3.63, 3.8) is 0 Å². The van der Waals surface area contributed by atoms with Crippen LogP contribution in [0.3, 0.4) is 0 Å². The van der Waals surface area contributed by atoms with E-state index < -0.39 is 5.54 Å². The Labute approximate surface area is 104 Å². The molecule has 2 unspecified atom stereocenters. The van der Waals surface area contributed by atoms with Gasteiger partial charge in [-0.25, -0.2) is 0 Å². The first-order valence-corrected chi connectivity index (χ1v) is 6.47. The van der Waals surface area contributed by atoms with Crippen LogP contribution in [0.25, 0.3) is 0 Å². The lowest BCUT2D eigenvalue weighted by Crippen LogP contribution is -2.58. The number of nitrogens with zero attached hydrogens (tertiary/aromatic N) is 2. The molecule has 1 heterocycles. The molecule has 0 aliphatic carbocycles. The molecule has 1 rings (SSSR count). The first-order chi connectivity index (χ1) is 8.03. The average Bonchev–Trinajstić information content (AvgIpc) is 2.35. The summed E-state index contributed by atoms with van der Waals surface area (Å²) >= 11 is 0. The van der Waals surface area contributed by atoms with Gasteiger partial charge in [0.15, 0.2) is 0 Å². The molecular weight excluding hydrogens is 214 g/mol. The third kappa shape index (κ3) is 3.44. The minimum Gasteiger partial charge on any atom is -0.340 e. The Balaban J connectivity index is 2.68. The molecule has 1 N–H and O–H groups in total. The molecule has 0 radical (unpaired) electrons. The van der Waals surface area contributed by atoms with Crippen LogP contribution in [0.15, 0.2) is 0 Å². The summed E-state index contributed by atoms with van der Waals surface area (Å²) in [6.07, 6.45) is 3.13. The zero-order valence-corrected chi connectivity index (χ0v) is 11.1. The molecule has 2 atom stereocenters. The van der Waals surface area contributed by atoms with Crippen molar-refractivity contribution in [1.29, 1.82) is 5.26 Å². The zero-order chi connectivity index (χ0) is 12.9. The third-order valence-corrected chi connectivity index (χ3v) is 3.47. The van der Waals surface area contributed by atoms with Gasteiger partial charge in [-0.1, -0.05) is 0 Å². The van der Waals surface area contributed by atoms with Gasteiger partial charge in [0.2, 0.25) is 5.91 Å². The molecule has 0 aromatic carbocycles. The Hall–Kier alpha value is -1.08. The molecule has 0 aromatic heterocycles. The lowest BCUT2D eigenvalue weighted by atomic mass is 9.89. The summed E-state index contributed by atoms with van der Waals surface area (Å²) in [6.45, 7) is 7.91. The molecule has 1 fully saturated rings. The second kappa shape index (κ2) is 6.02. The fourth-order valence-electron chi connectivity index (χ4n) is 2.31. The van der Waals surface area contributed by atoms with Crippen molar-refractivity contribution in [2.24, 2.45) is 5.92 Å². The van der Waals surface area contributed by atoms with Gasteiger partial charge in [0, 0.05) is 13.1 Å². The maximum atomic E-state index is 12.5. The minimum absolute atomic E-state index is 0.105. The lowest BCUT2D eigenvalue weighted by Gasteiger charge is -2.38. The molecule has 1 saturated heterocycles. The summed E-state index contributed by atoms with van der Waals surface area (Å²) in [5, 5.41) is 12.2. The number of carbonyl (C=O) groups is 1. The van der Waals surface area contributed by atoms with E-state index in [1.165, 1.54) is 0 Å². The Bertz CT molecular complexity index is 302. The molecule has 96 valence electrons. The average molecular weight is 237 g/mol. The Morgan fingerprint density at radius 2 is 2.29 bits per heavy atom. The molecular formula is C13H23N3O. The molecule has 0 bridgehead atoms. The van der Waals surface area contributed by atoms with E-state index in [4.69, 9.17) is 5.26 Å². The van der Waals surface area contributed by atoms with Crippen LogP contribution in [-0.2, 0) is 4.79 Å². The van der Waals surface area contributed by atoms with E-state index in [9.17, 15) is 4.79 Å². The molecule has 1 amide bonds. The van der Waals surface area contributed by atoms with Crippen molar-refractivity contribution in [1.82, 2.24) is 10.2 Å². The largest absolute Gasteiger partial charge is 0.340 e. The van der Waals surface area contributed by atoms with E-state index in [0.29, 0.717) is 13.1 Å². The summed E-state index contributed by atoms with van der Waals surface area (Å²) in [5.41, 5.74) is -0.427. The summed E-state index contributed by atoms with van der Waals surface area (Å²) in [7, 11) is 0. The number of likely N-dealkylation sites (N-methyl/N-ethyl adjacent to an activating group) is 1. The van der Waals surface area contributed by atoms with Gasteiger partial charge in [-0.2, -0.15) is 5.26 Å². The van der Waals surface area contributed by atoms with E-state index in [-0.39, 0.29) is 11.8 Å². The van der Waals surface area contributed by atoms with E-state index >= 15 is 0 Å². The van der Waals surface area contributed by atoms with Crippen LogP contribution in [0.4, 0.5) is 0 Å². The number of piperidine rings is 1. The topological polar surface area (TPSA) is 56.1 Å². The summed E-state index contributed by atoms with van der Waals surface area (Å²) in [5.74, 6) is 0.0351. The third-order valence-electron chi connectivity index (χ3n) is 3.47. The van der Waals surface area contributed by atoms with E-state index in [0.717, 1.165) is 25.8 Å². The normalized spacial score (nSPS) is 26.0. The van der Waals surface area contributed by atoms with Gasteiger partial charge >= 0.3 is 0 Å². The van der Waals surface area contributed by atoms with Crippen molar-refractivity contribution in [2.75, 3.05) is 19.6 Å². The van der Waals surface area contributed by atoms with Gasteiger partial charge in [0.25, 0.3) is 0 Å². The lowest BCUT2D eigenvalue weighted by molar-refractivity contribution is -0.138. The van der Waals surface area contributed by atoms with Crippen molar-refractivity contribution in [2.45, 2.75) is 45.6 Å². The predicted molar refractivity (Wildman–Crippen MR) is 67.3 cm³/mol. The highest BCUT2D eigenvalue weighted by Crippen LogP contribution is 2.21. The van der Waals surface area contributed by atoms with Gasteiger partial charge in [-0.05, 0) is 46.6 Å². The molecule has 0 aromatic rings. The second-order valence-corrected chi connectivity index (χ2v) is 5.09. The van der Waals surface area contributed by atoms with Crippen LogP contribution in [0.1, 0.15) is 40.0 Å². The smallest absolute Gasteiger partial charge is 0.242 e. The highest BCUT2D eigenvalue weighted by Gasteiger charge is 2.37. The molecule has 1 aliphatic heterocycles. The summed E-state index contributed by atoms with van der Waals surface area (Å²) in [6, 6.07) is 2.19.